The van der Waals surface area contributed by atoms with Gasteiger partial charge in [0.15, 0.2) is 10.9 Å². The molecule has 1 aromatic heterocycles. The molecule has 0 saturated carbocycles. The number of hydrogen-bond acceptors (Lipinski definition) is 2. The summed E-state index contributed by atoms with van der Waals surface area (Å²) in [6.45, 7) is 4.23. The summed E-state index contributed by atoms with van der Waals surface area (Å²) >= 11 is 4.99. The lowest BCUT2D eigenvalue weighted by atomic mass is 10.6. The summed E-state index contributed by atoms with van der Waals surface area (Å²) in [7, 11) is 1.85. The second kappa shape index (κ2) is 4.61. The minimum Gasteiger partial charge on any atom is -0.359 e. The molecule has 4 nitrogen and oxygen atoms in total. The van der Waals surface area contributed by atoms with E-state index in [1.54, 1.807) is 10.8 Å². The first-order valence-corrected chi connectivity index (χ1v) is 4.28. The Labute approximate surface area is 82.6 Å². The Hall–Kier alpha value is -1.36. The van der Waals surface area contributed by atoms with Crippen LogP contribution >= 0.6 is 12.2 Å². The fourth-order valence-electron chi connectivity index (χ4n) is 0.807. The van der Waals surface area contributed by atoms with E-state index in [9.17, 15) is 0 Å². The third-order valence-corrected chi connectivity index (χ3v) is 1.61. The summed E-state index contributed by atoms with van der Waals surface area (Å²) < 4.78 is 1.71. The highest BCUT2D eigenvalue weighted by Gasteiger charge is 1.97. The fraction of sp³-hybridized carbons (Fsp3) is 0.250. The highest BCUT2D eigenvalue weighted by Crippen LogP contribution is 1.99. The van der Waals surface area contributed by atoms with Crippen LogP contribution in [0.5, 0.6) is 0 Å². The standard InChI is InChI=1S/C8H12N4S/c1-3-5-9-8(13)10-7-4-6-12(2)11-7/h3-4,6H,1,5H2,2H3,(H2,9,10,11,13). The number of rotatable bonds is 3. The number of anilines is 1. The van der Waals surface area contributed by atoms with Crippen LogP contribution in [-0.2, 0) is 7.05 Å². The highest BCUT2D eigenvalue weighted by atomic mass is 32.1. The molecule has 70 valence electrons. The van der Waals surface area contributed by atoms with Crippen molar-refractivity contribution in [2.24, 2.45) is 7.05 Å². The number of nitrogens with zero attached hydrogens (tertiary/aromatic N) is 2. The Morgan fingerprint density at radius 3 is 3.15 bits per heavy atom. The van der Waals surface area contributed by atoms with E-state index in [1.807, 2.05) is 19.3 Å². The van der Waals surface area contributed by atoms with Gasteiger partial charge in [-0.15, -0.1) is 6.58 Å². The molecule has 0 spiro atoms. The molecule has 0 aliphatic heterocycles. The molecule has 1 rings (SSSR count). The second-order valence-electron chi connectivity index (χ2n) is 2.50. The van der Waals surface area contributed by atoms with E-state index in [2.05, 4.69) is 22.3 Å². The van der Waals surface area contributed by atoms with Crippen LogP contribution < -0.4 is 10.6 Å². The predicted molar refractivity (Wildman–Crippen MR) is 57.6 cm³/mol. The van der Waals surface area contributed by atoms with E-state index in [-0.39, 0.29) is 0 Å². The van der Waals surface area contributed by atoms with Crippen LogP contribution in [0.15, 0.2) is 24.9 Å². The van der Waals surface area contributed by atoms with Crippen molar-refractivity contribution in [3.05, 3.63) is 24.9 Å². The van der Waals surface area contributed by atoms with E-state index in [0.717, 1.165) is 5.82 Å². The number of aromatic nitrogens is 2. The van der Waals surface area contributed by atoms with Gasteiger partial charge in [-0.1, -0.05) is 6.08 Å². The molecule has 0 atom stereocenters. The third kappa shape index (κ3) is 3.25. The van der Waals surface area contributed by atoms with Gasteiger partial charge in [-0.3, -0.25) is 4.68 Å². The number of aryl methyl sites for hydroxylation is 1. The lowest BCUT2D eigenvalue weighted by Crippen LogP contribution is -2.28. The van der Waals surface area contributed by atoms with E-state index in [0.29, 0.717) is 11.7 Å². The maximum atomic E-state index is 4.99. The van der Waals surface area contributed by atoms with Gasteiger partial charge in [0.2, 0.25) is 0 Å². The van der Waals surface area contributed by atoms with Crippen molar-refractivity contribution in [2.45, 2.75) is 0 Å². The average Bonchev–Trinajstić information content (AvgIpc) is 2.48. The lowest BCUT2D eigenvalue weighted by molar-refractivity contribution is 0.771. The maximum absolute atomic E-state index is 4.99. The van der Waals surface area contributed by atoms with Crippen LogP contribution in [0.25, 0.3) is 0 Å². The second-order valence-corrected chi connectivity index (χ2v) is 2.91. The van der Waals surface area contributed by atoms with Gasteiger partial charge in [-0.25, -0.2) is 0 Å². The first kappa shape index (κ1) is 9.73. The topological polar surface area (TPSA) is 41.9 Å². The highest BCUT2D eigenvalue weighted by molar-refractivity contribution is 7.80. The zero-order valence-electron chi connectivity index (χ0n) is 7.45. The molecule has 0 fully saturated rings. The van der Waals surface area contributed by atoms with Gasteiger partial charge in [-0.2, -0.15) is 5.10 Å². The molecule has 2 N–H and O–H groups in total. The minimum atomic E-state index is 0.554. The average molecular weight is 196 g/mol. The summed E-state index contributed by atoms with van der Waals surface area (Å²) in [6.07, 6.45) is 3.59. The van der Waals surface area contributed by atoms with Crippen molar-refractivity contribution < 1.29 is 0 Å². The molecule has 0 amide bonds. The monoisotopic (exact) mass is 196 g/mol. The molecule has 0 aliphatic rings. The van der Waals surface area contributed by atoms with Crippen LogP contribution in [0.4, 0.5) is 5.82 Å². The maximum Gasteiger partial charge on any atom is 0.172 e. The van der Waals surface area contributed by atoms with Gasteiger partial charge in [-0.05, 0) is 12.2 Å². The van der Waals surface area contributed by atoms with Crippen molar-refractivity contribution in [1.29, 1.82) is 0 Å². The molecule has 1 aromatic rings. The molecule has 0 aliphatic carbocycles. The van der Waals surface area contributed by atoms with Gasteiger partial charge in [0.1, 0.15) is 0 Å². The van der Waals surface area contributed by atoms with E-state index in [1.165, 1.54) is 0 Å². The molecule has 0 bridgehead atoms. The Morgan fingerprint density at radius 2 is 2.62 bits per heavy atom. The van der Waals surface area contributed by atoms with Gasteiger partial charge >= 0.3 is 0 Å². The van der Waals surface area contributed by atoms with Crippen molar-refractivity contribution in [1.82, 2.24) is 15.1 Å². The SMILES string of the molecule is C=CCNC(=S)Nc1ccn(C)n1. The molecule has 0 aromatic carbocycles. The Kier molecular flexibility index (Phi) is 3.45. The quantitative estimate of drug-likeness (QED) is 0.556. The fourth-order valence-corrected chi connectivity index (χ4v) is 0.995. The Bertz CT molecular complexity index is 305. The van der Waals surface area contributed by atoms with E-state index in [4.69, 9.17) is 12.2 Å². The molecule has 13 heavy (non-hydrogen) atoms. The minimum absolute atomic E-state index is 0.554. The largest absolute Gasteiger partial charge is 0.359 e. The molecule has 1 heterocycles. The normalized spacial score (nSPS) is 9.31. The van der Waals surface area contributed by atoms with Crippen LogP contribution in [0.3, 0.4) is 0 Å². The summed E-state index contributed by atoms with van der Waals surface area (Å²) in [4.78, 5) is 0. The Morgan fingerprint density at radius 1 is 1.85 bits per heavy atom. The first-order valence-electron chi connectivity index (χ1n) is 3.88. The van der Waals surface area contributed by atoms with Crippen molar-refractivity contribution >= 4 is 23.1 Å². The molecule has 0 unspecified atom stereocenters. The van der Waals surface area contributed by atoms with Gasteiger partial charge < -0.3 is 10.6 Å². The zero-order chi connectivity index (χ0) is 9.68. The first-order chi connectivity index (χ1) is 6.22. The smallest absolute Gasteiger partial charge is 0.172 e. The van der Waals surface area contributed by atoms with Crippen LogP contribution in [0.1, 0.15) is 0 Å². The van der Waals surface area contributed by atoms with Crippen molar-refractivity contribution in [3.8, 4) is 0 Å². The number of hydrogen-bond donors (Lipinski definition) is 2. The van der Waals surface area contributed by atoms with E-state index >= 15 is 0 Å². The summed E-state index contributed by atoms with van der Waals surface area (Å²) in [6, 6.07) is 1.85. The van der Waals surface area contributed by atoms with E-state index < -0.39 is 0 Å². The van der Waals surface area contributed by atoms with Gasteiger partial charge in [0, 0.05) is 25.9 Å². The predicted octanol–water partition coefficient (Wildman–Crippen LogP) is 0.892. The molecule has 0 radical (unpaired) electrons. The third-order valence-electron chi connectivity index (χ3n) is 1.36. The van der Waals surface area contributed by atoms with Crippen LogP contribution in [-0.4, -0.2) is 21.4 Å². The molecular formula is C8H12N4S. The zero-order valence-corrected chi connectivity index (χ0v) is 8.27. The number of thiocarbonyl (C=S) groups is 1. The molecule has 0 saturated heterocycles. The van der Waals surface area contributed by atoms with Crippen molar-refractivity contribution in [3.63, 3.8) is 0 Å². The molecule has 5 heteroatoms. The Balaban J connectivity index is 2.40. The van der Waals surface area contributed by atoms with Crippen molar-refractivity contribution in [2.75, 3.05) is 11.9 Å². The summed E-state index contributed by atoms with van der Waals surface area (Å²) in [5, 5.41) is 10.5. The van der Waals surface area contributed by atoms with Gasteiger partial charge in [0.25, 0.3) is 0 Å². The summed E-state index contributed by atoms with van der Waals surface area (Å²) in [5.74, 6) is 0.740. The van der Waals surface area contributed by atoms with Crippen LogP contribution in [0.2, 0.25) is 0 Å². The lowest BCUT2D eigenvalue weighted by Gasteiger charge is -2.05. The van der Waals surface area contributed by atoms with Crippen LogP contribution in [0, 0.1) is 0 Å². The molecular weight excluding hydrogens is 184 g/mol. The number of nitrogens with one attached hydrogen (secondary N) is 2. The van der Waals surface area contributed by atoms with Gasteiger partial charge in [0.05, 0.1) is 0 Å². The summed E-state index contributed by atoms with van der Waals surface area (Å²) in [5.41, 5.74) is 0.